The first-order valence-electron chi connectivity index (χ1n) is 12.8. The standard InChI is InChI=1S/C27H29N3O9S2/c1-17-22(11-12-26(28-17)36-13-4-14-40(2,32)33)39-23-6-3-5-20-24(16-37-27(20)23)38-19-9-7-18(8-10-19)21-15-25(31)30-41(34,35)29-21/h3,5-12,21,24,29H,4,13-16H2,1-2H3,(H,30,31)/t21?,24-/m1/s1. The first-order chi connectivity index (χ1) is 19.5. The molecule has 0 spiro atoms. The highest BCUT2D eigenvalue weighted by atomic mass is 32.2. The van der Waals surface area contributed by atoms with Crippen molar-refractivity contribution in [2.75, 3.05) is 25.2 Å². The maximum Gasteiger partial charge on any atom is 0.301 e. The van der Waals surface area contributed by atoms with E-state index in [-0.39, 0.29) is 25.4 Å². The third-order valence-corrected chi connectivity index (χ3v) is 8.49. The van der Waals surface area contributed by atoms with Gasteiger partial charge in [0.1, 0.15) is 27.9 Å². The summed E-state index contributed by atoms with van der Waals surface area (Å²) in [5.41, 5.74) is 2.04. The largest absolute Gasteiger partial charge is 0.485 e. The van der Waals surface area contributed by atoms with E-state index in [2.05, 4.69) is 9.71 Å². The third-order valence-electron chi connectivity index (χ3n) is 6.37. The van der Waals surface area contributed by atoms with Gasteiger partial charge in [-0.2, -0.15) is 13.1 Å². The predicted molar refractivity (Wildman–Crippen MR) is 148 cm³/mol. The Hall–Kier alpha value is -3.88. The number of hydrogen-bond acceptors (Lipinski definition) is 10. The summed E-state index contributed by atoms with van der Waals surface area (Å²) in [5.74, 6) is 1.97. The number of fused-ring (bicyclic) bond motifs is 1. The number of rotatable bonds is 10. The maximum absolute atomic E-state index is 11.8. The van der Waals surface area contributed by atoms with Crippen LogP contribution in [0.1, 0.15) is 41.8 Å². The summed E-state index contributed by atoms with van der Waals surface area (Å²) in [6.45, 7) is 2.28. The summed E-state index contributed by atoms with van der Waals surface area (Å²) in [4.78, 5) is 16.1. The molecule has 0 saturated carbocycles. The van der Waals surface area contributed by atoms with E-state index in [9.17, 15) is 21.6 Å². The van der Waals surface area contributed by atoms with E-state index >= 15 is 0 Å². The second-order valence-corrected chi connectivity index (χ2v) is 13.4. The summed E-state index contributed by atoms with van der Waals surface area (Å²) >= 11 is 0. The van der Waals surface area contributed by atoms with Gasteiger partial charge >= 0.3 is 10.2 Å². The van der Waals surface area contributed by atoms with Crippen molar-refractivity contribution in [1.82, 2.24) is 14.4 Å². The number of pyridine rings is 1. The van der Waals surface area contributed by atoms with Crippen molar-refractivity contribution in [1.29, 1.82) is 0 Å². The Labute approximate surface area is 238 Å². The minimum Gasteiger partial charge on any atom is -0.485 e. The summed E-state index contributed by atoms with van der Waals surface area (Å²) in [6, 6.07) is 15.1. The minimum absolute atomic E-state index is 0.00216. The van der Waals surface area contributed by atoms with E-state index in [1.54, 1.807) is 49.4 Å². The van der Waals surface area contributed by atoms with Crippen LogP contribution in [0.3, 0.4) is 0 Å². The Morgan fingerprint density at radius 2 is 1.85 bits per heavy atom. The number of sulfone groups is 1. The Morgan fingerprint density at radius 3 is 2.56 bits per heavy atom. The number of carbonyl (C=O) groups is 1. The SMILES string of the molecule is Cc1nc(OCCCS(C)(=O)=O)ccc1Oc1cccc2c1OC[C@H]2Oc1ccc(C2CC(=O)NS(=O)(=O)N2)cc1. The zero-order valence-electron chi connectivity index (χ0n) is 22.3. The molecular formula is C27H29N3O9S2. The molecule has 14 heteroatoms. The molecule has 3 heterocycles. The molecule has 1 saturated heterocycles. The number of carbonyl (C=O) groups excluding carboxylic acids is 1. The van der Waals surface area contributed by atoms with Gasteiger partial charge in [-0.15, -0.1) is 0 Å². The van der Waals surface area contributed by atoms with E-state index in [1.165, 1.54) is 6.26 Å². The molecule has 0 aliphatic carbocycles. The highest BCUT2D eigenvalue weighted by molar-refractivity contribution is 7.90. The number of para-hydroxylation sites is 1. The van der Waals surface area contributed by atoms with Gasteiger partial charge in [-0.05, 0) is 43.2 Å². The number of hydrogen-bond donors (Lipinski definition) is 2. The fraction of sp³-hybridized carbons (Fsp3) is 0.333. The molecule has 2 N–H and O–H groups in total. The molecule has 1 aromatic heterocycles. The molecule has 5 rings (SSSR count). The highest BCUT2D eigenvalue weighted by Gasteiger charge is 2.31. The maximum atomic E-state index is 11.8. The fourth-order valence-corrected chi connectivity index (χ4v) is 6.14. The van der Waals surface area contributed by atoms with E-state index < -0.39 is 38.1 Å². The first kappa shape index (κ1) is 28.6. The van der Waals surface area contributed by atoms with Gasteiger partial charge in [0.2, 0.25) is 11.8 Å². The molecule has 2 aliphatic rings. The van der Waals surface area contributed by atoms with E-state index in [1.807, 2.05) is 16.9 Å². The van der Waals surface area contributed by atoms with Gasteiger partial charge < -0.3 is 18.9 Å². The Kier molecular flexibility index (Phi) is 8.07. The van der Waals surface area contributed by atoms with Gasteiger partial charge in [-0.25, -0.2) is 18.1 Å². The molecule has 41 heavy (non-hydrogen) atoms. The topological polar surface area (TPSA) is 159 Å². The average molecular weight is 604 g/mol. The van der Waals surface area contributed by atoms with Gasteiger partial charge in [-0.3, -0.25) is 4.79 Å². The number of aryl methyl sites for hydroxylation is 1. The number of benzene rings is 2. The van der Waals surface area contributed by atoms with E-state index in [0.29, 0.717) is 46.6 Å². The molecule has 12 nitrogen and oxygen atoms in total. The van der Waals surface area contributed by atoms with Crippen LogP contribution in [-0.4, -0.2) is 52.9 Å². The van der Waals surface area contributed by atoms with Crippen molar-refractivity contribution in [3.63, 3.8) is 0 Å². The number of nitrogens with zero attached hydrogens (tertiary/aromatic N) is 1. The van der Waals surface area contributed by atoms with Crippen molar-refractivity contribution in [3.8, 4) is 28.9 Å². The number of nitrogens with one attached hydrogen (secondary N) is 2. The smallest absolute Gasteiger partial charge is 0.301 e. The molecule has 1 amide bonds. The van der Waals surface area contributed by atoms with Crippen molar-refractivity contribution in [3.05, 3.63) is 71.4 Å². The quantitative estimate of drug-likeness (QED) is 0.330. The molecule has 218 valence electrons. The van der Waals surface area contributed by atoms with Crippen molar-refractivity contribution in [2.45, 2.75) is 31.9 Å². The van der Waals surface area contributed by atoms with Gasteiger partial charge in [0.25, 0.3) is 0 Å². The Bertz CT molecular complexity index is 1660. The monoisotopic (exact) mass is 603 g/mol. The van der Waals surface area contributed by atoms with Crippen LogP contribution in [0, 0.1) is 6.92 Å². The Morgan fingerprint density at radius 1 is 1.07 bits per heavy atom. The molecule has 1 fully saturated rings. The average Bonchev–Trinajstić information content (AvgIpc) is 3.30. The predicted octanol–water partition coefficient (Wildman–Crippen LogP) is 2.90. The third kappa shape index (κ3) is 7.26. The summed E-state index contributed by atoms with van der Waals surface area (Å²) in [5, 5.41) is 0. The van der Waals surface area contributed by atoms with Crippen molar-refractivity contribution >= 4 is 26.0 Å². The molecule has 0 bridgehead atoms. The number of aromatic nitrogens is 1. The van der Waals surface area contributed by atoms with Crippen LogP contribution in [0.4, 0.5) is 0 Å². The normalized spacial score (nSPS) is 19.5. The molecular weight excluding hydrogens is 574 g/mol. The van der Waals surface area contributed by atoms with Crippen LogP contribution in [-0.2, 0) is 24.8 Å². The van der Waals surface area contributed by atoms with Crippen LogP contribution in [0.2, 0.25) is 0 Å². The van der Waals surface area contributed by atoms with Crippen LogP contribution in [0.5, 0.6) is 28.9 Å². The van der Waals surface area contributed by atoms with Crippen LogP contribution in [0.25, 0.3) is 0 Å². The van der Waals surface area contributed by atoms with Gasteiger partial charge in [0.15, 0.2) is 17.6 Å². The first-order valence-corrected chi connectivity index (χ1v) is 16.3. The van der Waals surface area contributed by atoms with Gasteiger partial charge in [0, 0.05) is 24.3 Å². The number of amides is 1. The molecule has 3 aromatic rings. The highest BCUT2D eigenvalue weighted by Crippen LogP contribution is 2.44. The lowest BCUT2D eigenvalue weighted by Crippen LogP contribution is -2.48. The lowest BCUT2D eigenvalue weighted by atomic mass is 10.0. The van der Waals surface area contributed by atoms with E-state index in [4.69, 9.17) is 18.9 Å². The van der Waals surface area contributed by atoms with Crippen LogP contribution >= 0.6 is 0 Å². The zero-order valence-corrected chi connectivity index (χ0v) is 24.0. The van der Waals surface area contributed by atoms with Crippen LogP contribution < -0.4 is 28.4 Å². The fourth-order valence-electron chi connectivity index (χ4n) is 4.46. The molecule has 1 unspecified atom stereocenters. The summed E-state index contributed by atoms with van der Waals surface area (Å²) in [6.07, 6.45) is 1.16. The summed E-state index contributed by atoms with van der Waals surface area (Å²) in [7, 11) is -6.91. The Balaban J connectivity index is 1.22. The summed E-state index contributed by atoms with van der Waals surface area (Å²) < 4.78 is 74.2. The molecule has 2 aliphatic heterocycles. The van der Waals surface area contributed by atoms with E-state index in [0.717, 1.165) is 5.56 Å². The lowest BCUT2D eigenvalue weighted by molar-refractivity contribution is -0.120. The zero-order chi connectivity index (χ0) is 29.2. The second-order valence-electron chi connectivity index (χ2n) is 9.73. The minimum atomic E-state index is -3.87. The van der Waals surface area contributed by atoms with Gasteiger partial charge in [0.05, 0.1) is 24.1 Å². The van der Waals surface area contributed by atoms with Crippen molar-refractivity contribution in [2.24, 2.45) is 0 Å². The molecule has 2 atom stereocenters. The second kappa shape index (κ2) is 11.5. The lowest BCUT2D eigenvalue weighted by Gasteiger charge is -2.24. The number of ether oxygens (including phenoxy) is 4. The molecule has 0 radical (unpaired) electrons. The van der Waals surface area contributed by atoms with Gasteiger partial charge in [-0.1, -0.05) is 24.3 Å². The van der Waals surface area contributed by atoms with Crippen LogP contribution in [0.15, 0.2) is 54.6 Å². The van der Waals surface area contributed by atoms with Crippen molar-refractivity contribution < 1.29 is 40.6 Å². The molecule has 2 aromatic carbocycles.